The van der Waals surface area contributed by atoms with Crippen molar-refractivity contribution in [2.24, 2.45) is 10.7 Å². The smallest absolute Gasteiger partial charge is 0.412 e. The molecule has 2 aliphatic heterocycles. The van der Waals surface area contributed by atoms with Gasteiger partial charge in [0, 0.05) is 19.0 Å². The summed E-state index contributed by atoms with van der Waals surface area (Å²) in [5.74, 6) is 1.13. The maximum absolute atomic E-state index is 11.0. The molecule has 0 bridgehead atoms. The zero-order chi connectivity index (χ0) is 17.0. The maximum Gasteiger partial charge on any atom is 0.418 e. The van der Waals surface area contributed by atoms with Crippen LogP contribution in [0.15, 0.2) is 16.9 Å². The first-order valence-electron chi connectivity index (χ1n) is 8.09. The number of amidine groups is 1. The Morgan fingerprint density at radius 1 is 1.38 bits per heavy atom. The predicted molar refractivity (Wildman–Crippen MR) is 91.1 cm³/mol. The first-order valence-corrected chi connectivity index (χ1v) is 9.46. The monoisotopic (exact) mass is 364 g/mol. The molecule has 0 aromatic heterocycles. The summed E-state index contributed by atoms with van der Waals surface area (Å²) in [4.78, 5) is 6.73. The van der Waals surface area contributed by atoms with Gasteiger partial charge in [0.15, 0.2) is 0 Å². The van der Waals surface area contributed by atoms with Crippen molar-refractivity contribution in [2.45, 2.75) is 64.6 Å². The summed E-state index contributed by atoms with van der Waals surface area (Å²) in [6.07, 6.45) is 7.12. The standard InChI is InChI=1S/C14H26N4O4S.H2O/c1-3-13-16-14(10-12(15)18(13)22-23(19,20)21)17-9-7-5-4-6-8-11(17)2;/h10-12H,3-9,15H2,1-2H3,(H,19,20,21);1H2. The van der Waals surface area contributed by atoms with E-state index in [-0.39, 0.29) is 5.48 Å². The normalized spacial score (nSPS) is 26.0. The molecule has 0 aliphatic carbocycles. The van der Waals surface area contributed by atoms with Crippen LogP contribution in [-0.4, -0.2) is 53.0 Å². The zero-order valence-electron chi connectivity index (χ0n) is 14.2. The molecule has 24 heavy (non-hydrogen) atoms. The number of hydrogen-bond donors (Lipinski definition) is 2. The number of rotatable bonds is 4. The second-order valence-corrected chi connectivity index (χ2v) is 6.97. The Morgan fingerprint density at radius 3 is 2.67 bits per heavy atom. The Bertz CT molecular complexity index is 578. The van der Waals surface area contributed by atoms with Crippen LogP contribution < -0.4 is 5.73 Å². The van der Waals surface area contributed by atoms with Gasteiger partial charge in [-0.15, -0.1) is 4.28 Å². The number of nitrogens with two attached hydrogens (primary N) is 1. The molecule has 10 heteroatoms. The van der Waals surface area contributed by atoms with Gasteiger partial charge in [-0.25, -0.2) is 4.99 Å². The topological polar surface area (TPSA) is 140 Å². The van der Waals surface area contributed by atoms with Crippen LogP contribution in [0.1, 0.15) is 52.4 Å². The van der Waals surface area contributed by atoms with Crippen molar-refractivity contribution in [3.8, 4) is 0 Å². The lowest BCUT2D eigenvalue weighted by atomic mass is 10.0. The minimum absolute atomic E-state index is 0. The van der Waals surface area contributed by atoms with Crippen LogP contribution in [-0.2, 0) is 14.7 Å². The van der Waals surface area contributed by atoms with E-state index in [1.165, 1.54) is 19.3 Å². The molecule has 140 valence electrons. The van der Waals surface area contributed by atoms with Crippen molar-refractivity contribution in [1.82, 2.24) is 9.96 Å². The predicted octanol–water partition coefficient (Wildman–Crippen LogP) is 0.801. The van der Waals surface area contributed by atoms with Crippen molar-refractivity contribution in [2.75, 3.05) is 6.54 Å². The Morgan fingerprint density at radius 2 is 2.04 bits per heavy atom. The van der Waals surface area contributed by atoms with E-state index in [9.17, 15) is 8.42 Å². The average Bonchev–Trinajstić information content (AvgIpc) is 2.44. The molecule has 0 amide bonds. The van der Waals surface area contributed by atoms with Crippen LogP contribution in [0.4, 0.5) is 0 Å². The third kappa shape index (κ3) is 5.42. The van der Waals surface area contributed by atoms with Gasteiger partial charge >= 0.3 is 10.4 Å². The highest BCUT2D eigenvalue weighted by molar-refractivity contribution is 7.80. The summed E-state index contributed by atoms with van der Waals surface area (Å²) in [6, 6.07) is 0.352. The molecule has 2 atom stereocenters. The molecule has 0 aromatic rings. The lowest BCUT2D eigenvalue weighted by molar-refractivity contribution is -0.0142. The Balaban J connectivity index is 0.00000288. The quantitative estimate of drug-likeness (QED) is 0.703. The highest BCUT2D eigenvalue weighted by Gasteiger charge is 2.29. The van der Waals surface area contributed by atoms with Gasteiger partial charge in [0.2, 0.25) is 0 Å². The van der Waals surface area contributed by atoms with E-state index in [2.05, 4.69) is 21.1 Å². The van der Waals surface area contributed by atoms with Gasteiger partial charge in [0.05, 0.1) is 0 Å². The first-order chi connectivity index (χ1) is 10.8. The average molecular weight is 364 g/mol. The van der Waals surface area contributed by atoms with Crippen LogP contribution in [0.25, 0.3) is 0 Å². The Hall–Kier alpha value is -1.20. The fraction of sp³-hybridized carbons (Fsp3) is 0.786. The van der Waals surface area contributed by atoms with E-state index in [1.54, 1.807) is 6.08 Å². The number of aliphatic imine (C=N–C) groups is 1. The Kier molecular flexibility index (Phi) is 7.61. The molecule has 0 spiro atoms. The van der Waals surface area contributed by atoms with E-state index in [1.807, 2.05) is 6.92 Å². The van der Waals surface area contributed by atoms with E-state index < -0.39 is 16.6 Å². The van der Waals surface area contributed by atoms with E-state index >= 15 is 0 Å². The van der Waals surface area contributed by atoms with Crippen LogP contribution in [0.5, 0.6) is 0 Å². The molecular formula is C14H28N4O5S. The molecule has 2 rings (SSSR count). The summed E-state index contributed by atoms with van der Waals surface area (Å²) in [5, 5.41) is 0.938. The molecule has 2 heterocycles. The van der Waals surface area contributed by atoms with Gasteiger partial charge in [-0.3, -0.25) is 4.55 Å². The minimum Gasteiger partial charge on any atom is -0.412 e. The summed E-state index contributed by atoms with van der Waals surface area (Å²) in [5.41, 5.74) is 6.01. The van der Waals surface area contributed by atoms with E-state index in [4.69, 9.17) is 10.3 Å². The van der Waals surface area contributed by atoms with Crippen molar-refractivity contribution in [3.05, 3.63) is 11.9 Å². The SMILES string of the molecule is CCC1=NC(N2CCCCCCC2C)=CC(N)N1OS(=O)(=O)O.O. The summed E-state index contributed by atoms with van der Waals surface area (Å²) in [7, 11) is -4.64. The third-order valence-electron chi connectivity index (χ3n) is 4.18. The van der Waals surface area contributed by atoms with Crippen molar-refractivity contribution >= 4 is 16.2 Å². The van der Waals surface area contributed by atoms with Gasteiger partial charge < -0.3 is 16.1 Å². The summed E-state index contributed by atoms with van der Waals surface area (Å²) in [6.45, 7) is 4.89. The number of hydrogen-bond acceptors (Lipinski definition) is 7. The lowest BCUT2D eigenvalue weighted by Crippen LogP contribution is -2.49. The van der Waals surface area contributed by atoms with Crippen LogP contribution >= 0.6 is 0 Å². The number of hydroxylamine groups is 2. The van der Waals surface area contributed by atoms with Crippen LogP contribution in [0, 0.1) is 0 Å². The fourth-order valence-electron chi connectivity index (χ4n) is 2.99. The summed E-state index contributed by atoms with van der Waals surface area (Å²) >= 11 is 0. The number of likely N-dealkylation sites (tertiary alicyclic amines) is 1. The van der Waals surface area contributed by atoms with Crippen molar-refractivity contribution < 1.29 is 22.7 Å². The van der Waals surface area contributed by atoms with Crippen LogP contribution in [0.3, 0.4) is 0 Å². The van der Waals surface area contributed by atoms with Gasteiger partial charge in [-0.05, 0) is 25.8 Å². The molecule has 2 unspecified atom stereocenters. The van der Waals surface area contributed by atoms with Gasteiger partial charge in [0.1, 0.15) is 17.8 Å². The lowest BCUT2D eigenvalue weighted by Gasteiger charge is -2.37. The van der Waals surface area contributed by atoms with Gasteiger partial charge in [-0.1, -0.05) is 26.2 Å². The molecular weight excluding hydrogens is 336 g/mol. The fourth-order valence-corrected chi connectivity index (χ4v) is 3.38. The van der Waals surface area contributed by atoms with Crippen molar-refractivity contribution in [1.29, 1.82) is 0 Å². The highest BCUT2D eigenvalue weighted by Crippen LogP contribution is 2.25. The van der Waals surface area contributed by atoms with Crippen molar-refractivity contribution in [3.63, 3.8) is 0 Å². The molecule has 1 saturated heterocycles. The minimum atomic E-state index is -4.64. The highest BCUT2D eigenvalue weighted by atomic mass is 32.3. The molecule has 1 fully saturated rings. The Labute approximate surface area is 143 Å². The van der Waals surface area contributed by atoms with Crippen LogP contribution in [0.2, 0.25) is 0 Å². The van der Waals surface area contributed by atoms with E-state index in [0.29, 0.717) is 18.3 Å². The second kappa shape index (κ2) is 8.77. The zero-order valence-corrected chi connectivity index (χ0v) is 15.0. The molecule has 9 nitrogen and oxygen atoms in total. The largest absolute Gasteiger partial charge is 0.418 e. The molecule has 0 radical (unpaired) electrons. The number of nitrogens with zero attached hydrogens (tertiary/aromatic N) is 3. The molecule has 2 aliphatic rings. The second-order valence-electron chi connectivity index (χ2n) is 5.97. The van der Waals surface area contributed by atoms with Gasteiger partial charge in [-0.2, -0.15) is 13.5 Å². The van der Waals surface area contributed by atoms with Gasteiger partial charge in [0.25, 0.3) is 0 Å². The third-order valence-corrected chi connectivity index (χ3v) is 4.53. The summed E-state index contributed by atoms with van der Waals surface area (Å²) < 4.78 is 35.4. The van der Waals surface area contributed by atoms with E-state index in [0.717, 1.165) is 30.3 Å². The molecule has 5 N–H and O–H groups in total. The molecule has 0 saturated carbocycles. The maximum atomic E-state index is 11.0. The first kappa shape index (κ1) is 20.8. The molecule has 0 aromatic carbocycles.